The van der Waals surface area contributed by atoms with Crippen LogP contribution in [-0.2, 0) is 9.53 Å². The van der Waals surface area contributed by atoms with Crippen LogP contribution in [0, 0.1) is 30.3 Å². The number of carbonyl (C=O) groups is 1. The first-order chi connectivity index (χ1) is 17.1. The van der Waals surface area contributed by atoms with Crippen molar-refractivity contribution in [1.82, 2.24) is 0 Å². The third-order valence-electron chi connectivity index (χ3n) is 4.75. The Morgan fingerprint density at radius 1 is 0.889 bits per heavy atom. The zero-order chi connectivity index (χ0) is 26.0. The molecule has 0 aromatic heterocycles. The highest BCUT2D eigenvalue weighted by molar-refractivity contribution is 6.34. The predicted molar refractivity (Wildman–Crippen MR) is 125 cm³/mol. The second kappa shape index (κ2) is 9.60. The summed E-state index contributed by atoms with van der Waals surface area (Å²) in [7, 11) is 0. The van der Waals surface area contributed by atoms with Crippen LogP contribution in [0.5, 0.6) is 11.5 Å². The van der Waals surface area contributed by atoms with Gasteiger partial charge in [-0.1, -0.05) is 23.7 Å². The lowest BCUT2D eigenvalue weighted by atomic mass is 10.2. The van der Waals surface area contributed by atoms with Gasteiger partial charge in [-0.2, -0.15) is 0 Å². The van der Waals surface area contributed by atoms with Crippen LogP contribution in [0.4, 0.5) is 17.1 Å². The van der Waals surface area contributed by atoms with Crippen LogP contribution in [0.25, 0.3) is 6.08 Å². The molecule has 0 radical (unpaired) electrons. The number of esters is 1. The van der Waals surface area contributed by atoms with E-state index >= 15 is 0 Å². The molecule has 13 nitrogen and oxygen atoms in total. The van der Waals surface area contributed by atoms with Gasteiger partial charge in [-0.25, -0.2) is 9.79 Å². The van der Waals surface area contributed by atoms with Crippen molar-refractivity contribution in [3.05, 3.63) is 113 Å². The van der Waals surface area contributed by atoms with E-state index in [9.17, 15) is 35.1 Å². The van der Waals surface area contributed by atoms with Crippen LogP contribution < -0.4 is 4.74 Å². The van der Waals surface area contributed by atoms with Crippen LogP contribution in [0.15, 0.2) is 71.4 Å². The Morgan fingerprint density at radius 2 is 1.58 bits per heavy atom. The summed E-state index contributed by atoms with van der Waals surface area (Å²) in [6.45, 7) is 0. The zero-order valence-corrected chi connectivity index (χ0v) is 18.4. The number of cyclic esters (lactones) is 1. The van der Waals surface area contributed by atoms with E-state index in [2.05, 4.69) is 4.99 Å². The van der Waals surface area contributed by atoms with E-state index in [1.807, 2.05) is 0 Å². The van der Waals surface area contributed by atoms with Crippen molar-refractivity contribution < 1.29 is 29.0 Å². The fourth-order valence-electron chi connectivity index (χ4n) is 3.12. The zero-order valence-electron chi connectivity index (χ0n) is 17.7. The SMILES string of the molecule is O=C1OC(c2cc([N+](=O)[O-])ccc2Cl)=N/C1=C\c1cccc(Oc2ccc([N+](=O)[O-])cc2[N+](=O)[O-])c1. The molecular formula is C22H11ClN4O9. The van der Waals surface area contributed by atoms with Crippen molar-refractivity contribution in [3.63, 3.8) is 0 Å². The number of hydrogen-bond acceptors (Lipinski definition) is 10. The highest BCUT2D eigenvalue weighted by Gasteiger charge is 2.27. The van der Waals surface area contributed by atoms with Gasteiger partial charge in [0.2, 0.25) is 11.6 Å². The fraction of sp³-hybridized carbons (Fsp3) is 0. The minimum Gasteiger partial charge on any atom is -0.450 e. The number of nitro groups is 3. The van der Waals surface area contributed by atoms with Crippen molar-refractivity contribution in [1.29, 1.82) is 0 Å². The number of nitro benzene ring substituents is 3. The van der Waals surface area contributed by atoms with E-state index in [-0.39, 0.29) is 39.4 Å². The summed E-state index contributed by atoms with van der Waals surface area (Å²) >= 11 is 6.08. The molecule has 180 valence electrons. The van der Waals surface area contributed by atoms with Crippen molar-refractivity contribution in [2.24, 2.45) is 4.99 Å². The minimum absolute atomic E-state index is 0.0604. The van der Waals surface area contributed by atoms with Crippen molar-refractivity contribution >= 4 is 46.6 Å². The Kier molecular flexibility index (Phi) is 6.39. The molecule has 0 atom stereocenters. The van der Waals surface area contributed by atoms with Gasteiger partial charge in [-0.3, -0.25) is 30.3 Å². The molecule has 0 saturated carbocycles. The van der Waals surface area contributed by atoms with Gasteiger partial charge in [0.1, 0.15) is 5.75 Å². The molecule has 0 aliphatic carbocycles. The lowest BCUT2D eigenvalue weighted by Gasteiger charge is -2.07. The van der Waals surface area contributed by atoms with Crippen LogP contribution in [0.1, 0.15) is 11.1 Å². The first-order valence-corrected chi connectivity index (χ1v) is 10.2. The Morgan fingerprint density at radius 3 is 2.28 bits per heavy atom. The fourth-order valence-corrected chi connectivity index (χ4v) is 3.31. The molecule has 0 fully saturated rings. The van der Waals surface area contributed by atoms with Gasteiger partial charge in [-0.15, -0.1) is 0 Å². The maximum Gasteiger partial charge on any atom is 0.363 e. The molecule has 0 unspecified atom stereocenters. The summed E-state index contributed by atoms with van der Waals surface area (Å²) in [4.78, 5) is 47.5. The maximum absolute atomic E-state index is 12.3. The van der Waals surface area contributed by atoms with Crippen LogP contribution in [0.3, 0.4) is 0 Å². The Labute approximate surface area is 205 Å². The average molecular weight is 511 g/mol. The van der Waals surface area contributed by atoms with E-state index in [0.717, 1.165) is 24.3 Å². The van der Waals surface area contributed by atoms with Crippen LogP contribution >= 0.6 is 11.6 Å². The smallest absolute Gasteiger partial charge is 0.363 e. The standard InChI is InChI=1S/C22H11ClN4O9/c23-17-6-4-13(25(29)30)10-16(17)21-24-18(22(28)36-21)9-12-2-1-3-15(8-12)35-20-7-5-14(26(31)32)11-19(20)27(33)34/h1-11H/b18-9-. The number of halogens is 1. The molecule has 3 aromatic carbocycles. The topological polar surface area (TPSA) is 177 Å². The van der Waals surface area contributed by atoms with Crippen molar-refractivity contribution in [2.75, 3.05) is 0 Å². The molecule has 4 rings (SSSR count). The molecule has 0 amide bonds. The third-order valence-corrected chi connectivity index (χ3v) is 5.08. The Balaban J connectivity index is 1.63. The molecule has 0 N–H and O–H groups in total. The lowest BCUT2D eigenvalue weighted by Crippen LogP contribution is -2.06. The van der Waals surface area contributed by atoms with E-state index in [1.54, 1.807) is 12.1 Å². The molecule has 3 aromatic rings. The van der Waals surface area contributed by atoms with Gasteiger partial charge in [0.15, 0.2) is 5.70 Å². The van der Waals surface area contributed by atoms with Crippen molar-refractivity contribution in [2.45, 2.75) is 0 Å². The molecule has 1 aliphatic heterocycles. The maximum atomic E-state index is 12.3. The van der Waals surface area contributed by atoms with Gasteiger partial charge < -0.3 is 9.47 Å². The normalized spacial score (nSPS) is 13.8. The monoisotopic (exact) mass is 510 g/mol. The minimum atomic E-state index is -0.829. The van der Waals surface area contributed by atoms with Gasteiger partial charge in [0.25, 0.3) is 11.4 Å². The summed E-state index contributed by atoms with van der Waals surface area (Å²) < 4.78 is 10.7. The third kappa shape index (κ3) is 5.00. The molecule has 14 heteroatoms. The predicted octanol–water partition coefficient (Wildman–Crippen LogP) is 5.20. The Hall–Kier alpha value is -5.17. The van der Waals surface area contributed by atoms with E-state index in [0.29, 0.717) is 5.56 Å². The number of non-ortho nitro benzene ring substituents is 2. The summed E-state index contributed by atoms with van der Waals surface area (Å²) in [6.07, 6.45) is 1.34. The van der Waals surface area contributed by atoms with Crippen LogP contribution in [-0.4, -0.2) is 26.6 Å². The number of ether oxygens (including phenoxy) is 2. The average Bonchev–Trinajstić information content (AvgIpc) is 3.19. The first kappa shape index (κ1) is 24.0. The molecule has 0 saturated heterocycles. The van der Waals surface area contributed by atoms with Crippen LogP contribution in [0.2, 0.25) is 5.02 Å². The molecule has 1 heterocycles. The number of hydrogen-bond donors (Lipinski definition) is 0. The molecule has 0 spiro atoms. The number of rotatable bonds is 7. The van der Waals surface area contributed by atoms with Gasteiger partial charge in [0.05, 0.1) is 31.4 Å². The molecule has 0 bridgehead atoms. The van der Waals surface area contributed by atoms with E-state index in [1.165, 1.54) is 30.3 Å². The second-order valence-electron chi connectivity index (χ2n) is 7.10. The number of aliphatic imine (C=N–C) groups is 1. The number of carbonyl (C=O) groups excluding carboxylic acids is 1. The highest BCUT2D eigenvalue weighted by atomic mass is 35.5. The van der Waals surface area contributed by atoms with E-state index < -0.39 is 32.1 Å². The second-order valence-corrected chi connectivity index (χ2v) is 7.51. The molecule has 1 aliphatic rings. The first-order valence-electron chi connectivity index (χ1n) is 9.80. The summed E-state index contributed by atoms with van der Waals surface area (Å²) in [6, 6.07) is 12.6. The van der Waals surface area contributed by atoms with Gasteiger partial charge in [0, 0.05) is 18.2 Å². The summed E-state index contributed by atoms with van der Waals surface area (Å²) in [5, 5.41) is 33.4. The van der Waals surface area contributed by atoms with Gasteiger partial charge in [-0.05, 0) is 35.9 Å². The van der Waals surface area contributed by atoms with Crippen molar-refractivity contribution in [3.8, 4) is 11.5 Å². The number of nitrogens with zero attached hydrogens (tertiary/aromatic N) is 4. The number of benzene rings is 3. The quantitative estimate of drug-likeness (QED) is 0.179. The summed E-state index contributed by atoms with van der Waals surface area (Å²) in [5.74, 6) is -1.13. The Bertz CT molecular complexity index is 1520. The summed E-state index contributed by atoms with van der Waals surface area (Å²) in [5.41, 5.74) is -1.01. The van der Waals surface area contributed by atoms with E-state index in [4.69, 9.17) is 21.1 Å². The largest absolute Gasteiger partial charge is 0.450 e. The van der Waals surface area contributed by atoms with Gasteiger partial charge >= 0.3 is 11.7 Å². The highest BCUT2D eigenvalue weighted by Crippen LogP contribution is 2.35. The molecular weight excluding hydrogens is 500 g/mol. The lowest BCUT2D eigenvalue weighted by molar-refractivity contribution is -0.394. The molecule has 36 heavy (non-hydrogen) atoms.